The molecule has 0 bridgehead atoms. The van der Waals surface area contributed by atoms with Crippen molar-refractivity contribution in [3.05, 3.63) is 0 Å². The van der Waals surface area contributed by atoms with Crippen molar-refractivity contribution in [2.45, 2.75) is 44.2 Å². The Kier molecular flexibility index (Phi) is 4.38. The summed E-state index contributed by atoms with van der Waals surface area (Å²) in [5.74, 6) is 0.366. The zero-order valence-corrected chi connectivity index (χ0v) is 10.8. The Morgan fingerprint density at radius 1 is 1.53 bits per heavy atom. The van der Waals surface area contributed by atoms with Crippen LogP contribution >= 0.6 is 12.4 Å². The molecule has 6 heteroatoms. The van der Waals surface area contributed by atoms with Gasteiger partial charge in [0.15, 0.2) is 0 Å². The quantitative estimate of drug-likeness (QED) is 0.662. The van der Waals surface area contributed by atoms with Gasteiger partial charge in [-0.05, 0) is 32.1 Å². The molecule has 0 aromatic carbocycles. The van der Waals surface area contributed by atoms with E-state index in [4.69, 9.17) is 5.73 Å². The number of nitrogens with one attached hydrogen (secondary N) is 2. The number of halogens is 1. The molecule has 0 aromatic heterocycles. The van der Waals surface area contributed by atoms with E-state index in [2.05, 4.69) is 10.6 Å². The highest BCUT2D eigenvalue weighted by atomic mass is 35.5. The second-order valence-corrected chi connectivity index (χ2v) is 5.04. The molecule has 17 heavy (non-hydrogen) atoms. The van der Waals surface area contributed by atoms with Gasteiger partial charge in [-0.25, -0.2) is 0 Å². The molecular weight excluding hydrogens is 242 g/mol. The van der Waals surface area contributed by atoms with E-state index in [0.29, 0.717) is 25.3 Å². The standard InChI is InChI=1S/C11H19N3O2.ClH/c1-11(6-12,7-2-3-7)14-10(16)8-4-5-9(15)13-8;/h7-8H,2-6,12H2,1H3,(H,13,15)(H,14,16);1H/t8-,11?;/m0./s1. The lowest BCUT2D eigenvalue weighted by molar-refractivity contribution is -0.127. The maximum Gasteiger partial charge on any atom is 0.243 e. The summed E-state index contributed by atoms with van der Waals surface area (Å²) in [4.78, 5) is 22.9. The molecule has 2 amide bonds. The first-order valence-corrected chi connectivity index (χ1v) is 5.86. The second-order valence-electron chi connectivity index (χ2n) is 5.04. The van der Waals surface area contributed by atoms with E-state index >= 15 is 0 Å². The molecular formula is C11H20ClN3O2. The number of amides is 2. The van der Waals surface area contributed by atoms with Crippen molar-refractivity contribution in [3.63, 3.8) is 0 Å². The monoisotopic (exact) mass is 261 g/mol. The molecule has 2 rings (SSSR count). The molecule has 1 heterocycles. The highest BCUT2D eigenvalue weighted by Crippen LogP contribution is 2.39. The highest BCUT2D eigenvalue weighted by Gasteiger charge is 2.43. The first-order valence-electron chi connectivity index (χ1n) is 5.86. The zero-order valence-electron chi connectivity index (χ0n) is 9.99. The lowest BCUT2D eigenvalue weighted by Gasteiger charge is -2.30. The summed E-state index contributed by atoms with van der Waals surface area (Å²) in [5, 5.41) is 5.66. The van der Waals surface area contributed by atoms with Gasteiger partial charge in [-0.3, -0.25) is 9.59 Å². The molecule has 4 N–H and O–H groups in total. The molecule has 1 aliphatic carbocycles. The van der Waals surface area contributed by atoms with E-state index in [-0.39, 0.29) is 35.8 Å². The Labute approximate surface area is 107 Å². The van der Waals surface area contributed by atoms with Crippen LogP contribution in [0.2, 0.25) is 0 Å². The molecule has 1 aliphatic heterocycles. The fourth-order valence-corrected chi connectivity index (χ4v) is 2.22. The van der Waals surface area contributed by atoms with Crippen LogP contribution in [0.1, 0.15) is 32.6 Å². The van der Waals surface area contributed by atoms with Crippen molar-refractivity contribution < 1.29 is 9.59 Å². The first kappa shape index (κ1) is 14.3. The number of carbonyl (C=O) groups excluding carboxylic acids is 2. The maximum absolute atomic E-state index is 11.9. The Morgan fingerprint density at radius 3 is 2.59 bits per heavy atom. The fraction of sp³-hybridized carbons (Fsp3) is 0.818. The SMILES string of the molecule is CC(CN)(NC(=O)[C@@H]1CCC(=O)N1)C1CC1.Cl. The van der Waals surface area contributed by atoms with Crippen LogP contribution in [0.25, 0.3) is 0 Å². The predicted octanol–water partition coefficient (Wildman–Crippen LogP) is -0.0696. The van der Waals surface area contributed by atoms with E-state index in [1.807, 2.05) is 6.92 Å². The molecule has 1 saturated carbocycles. The molecule has 5 nitrogen and oxygen atoms in total. The van der Waals surface area contributed by atoms with Gasteiger partial charge in [-0.15, -0.1) is 12.4 Å². The van der Waals surface area contributed by atoms with Crippen LogP contribution in [-0.4, -0.2) is 29.9 Å². The largest absolute Gasteiger partial charge is 0.348 e. The van der Waals surface area contributed by atoms with Crippen LogP contribution in [-0.2, 0) is 9.59 Å². The minimum Gasteiger partial charge on any atom is -0.348 e. The molecule has 2 aliphatic rings. The summed E-state index contributed by atoms with van der Waals surface area (Å²) in [5.41, 5.74) is 5.42. The van der Waals surface area contributed by atoms with Gasteiger partial charge < -0.3 is 16.4 Å². The van der Waals surface area contributed by atoms with Crippen molar-refractivity contribution in [1.29, 1.82) is 0 Å². The molecule has 0 radical (unpaired) electrons. The van der Waals surface area contributed by atoms with E-state index in [9.17, 15) is 9.59 Å². The summed E-state index contributed by atoms with van der Waals surface area (Å²) in [6.07, 6.45) is 3.30. The Balaban J connectivity index is 0.00000144. The van der Waals surface area contributed by atoms with Gasteiger partial charge in [-0.2, -0.15) is 0 Å². The minimum atomic E-state index is -0.364. The maximum atomic E-state index is 11.9. The van der Waals surface area contributed by atoms with E-state index < -0.39 is 0 Å². The lowest BCUT2D eigenvalue weighted by Crippen LogP contribution is -2.57. The van der Waals surface area contributed by atoms with E-state index in [1.54, 1.807) is 0 Å². The van der Waals surface area contributed by atoms with Crippen LogP contribution in [0.4, 0.5) is 0 Å². The van der Waals surface area contributed by atoms with Crippen molar-refractivity contribution in [2.75, 3.05) is 6.54 Å². The average Bonchev–Trinajstić information content (AvgIpc) is 3.02. The number of rotatable bonds is 4. The summed E-state index contributed by atoms with van der Waals surface area (Å²) in [6, 6.07) is -0.364. The summed E-state index contributed by atoms with van der Waals surface area (Å²) < 4.78 is 0. The van der Waals surface area contributed by atoms with E-state index in [1.165, 1.54) is 0 Å². The van der Waals surface area contributed by atoms with Crippen LogP contribution in [0.5, 0.6) is 0 Å². The first-order chi connectivity index (χ1) is 7.55. The van der Waals surface area contributed by atoms with Gasteiger partial charge in [0.25, 0.3) is 0 Å². The van der Waals surface area contributed by atoms with Gasteiger partial charge in [0.1, 0.15) is 6.04 Å². The van der Waals surface area contributed by atoms with Gasteiger partial charge in [-0.1, -0.05) is 0 Å². The molecule has 1 saturated heterocycles. The van der Waals surface area contributed by atoms with Crippen molar-refractivity contribution in [2.24, 2.45) is 11.7 Å². The van der Waals surface area contributed by atoms with Gasteiger partial charge >= 0.3 is 0 Å². The average molecular weight is 262 g/mol. The third kappa shape index (κ3) is 3.10. The Morgan fingerprint density at radius 2 is 2.18 bits per heavy atom. The molecule has 98 valence electrons. The summed E-state index contributed by atoms with van der Waals surface area (Å²) >= 11 is 0. The zero-order chi connectivity index (χ0) is 11.8. The summed E-state index contributed by atoms with van der Waals surface area (Å²) in [6.45, 7) is 2.43. The van der Waals surface area contributed by atoms with Crippen LogP contribution in [0, 0.1) is 5.92 Å². The molecule has 2 fully saturated rings. The second kappa shape index (κ2) is 5.23. The molecule has 0 spiro atoms. The van der Waals surface area contributed by atoms with Crippen LogP contribution in [0.3, 0.4) is 0 Å². The number of hydrogen-bond acceptors (Lipinski definition) is 3. The van der Waals surface area contributed by atoms with Crippen molar-refractivity contribution in [3.8, 4) is 0 Å². The summed E-state index contributed by atoms with van der Waals surface area (Å²) in [7, 11) is 0. The fourth-order valence-electron chi connectivity index (χ4n) is 2.22. The van der Waals surface area contributed by atoms with Crippen molar-refractivity contribution in [1.82, 2.24) is 10.6 Å². The lowest BCUT2D eigenvalue weighted by atomic mass is 9.95. The Bertz CT molecular complexity index is 320. The highest BCUT2D eigenvalue weighted by molar-refractivity contribution is 5.91. The third-order valence-electron chi connectivity index (χ3n) is 3.62. The molecule has 1 unspecified atom stereocenters. The number of hydrogen-bond donors (Lipinski definition) is 3. The minimum absolute atomic E-state index is 0. The normalized spacial score (nSPS) is 26.7. The number of carbonyl (C=O) groups is 2. The predicted molar refractivity (Wildman–Crippen MR) is 66.7 cm³/mol. The van der Waals surface area contributed by atoms with Gasteiger partial charge in [0.05, 0.1) is 5.54 Å². The molecule has 0 aromatic rings. The third-order valence-corrected chi connectivity index (χ3v) is 3.62. The van der Waals surface area contributed by atoms with Crippen molar-refractivity contribution >= 4 is 24.2 Å². The topological polar surface area (TPSA) is 84.2 Å². The molecule has 2 atom stereocenters. The van der Waals surface area contributed by atoms with Crippen LogP contribution < -0.4 is 16.4 Å². The van der Waals surface area contributed by atoms with E-state index in [0.717, 1.165) is 12.8 Å². The van der Waals surface area contributed by atoms with Crippen LogP contribution in [0.15, 0.2) is 0 Å². The van der Waals surface area contributed by atoms with Gasteiger partial charge in [0, 0.05) is 13.0 Å². The number of nitrogens with two attached hydrogens (primary N) is 1. The smallest absolute Gasteiger partial charge is 0.243 e. The Hall–Kier alpha value is -0.810. The van der Waals surface area contributed by atoms with Gasteiger partial charge in [0.2, 0.25) is 11.8 Å².